The number of phenolic OH excluding ortho intramolecular Hbond substituents is 1. The van der Waals surface area contributed by atoms with Gasteiger partial charge in [-0.1, -0.05) is 54.6 Å². The van der Waals surface area contributed by atoms with Gasteiger partial charge in [-0.2, -0.15) is 0 Å². The maximum atomic E-state index is 13.0. The van der Waals surface area contributed by atoms with E-state index in [1.165, 1.54) is 0 Å². The van der Waals surface area contributed by atoms with E-state index in [9.17, 15) is 18.6 Å². The summed E-state index contributed by atoms with van der Waals surface area (Å²) >= 11 is 1.54. The number of nitrogens with zero attached hydrogens (tertiary/aromatic N) is 1. The molecule has 0 radical (unpaired) electrons. The summed E-state index contributed by atoms with van der Waals surface area (Å²) in [5, 5.41) is 25.9. The third kappa shape index (κ3) is 7.80. The number of aromatic nitrogens is 1. The van der Waals surface area contributed by atoms with Gasteiger partial charge in [0.15, 0.2) is 0 Å². The highest BCUT2D eigenvalue weighted by Crippen LogP contribution is 2.26. The molecular weight excluding hydrogens is 555 g/mol. The number of phenols is 1. The first kappa shape index (κ1) is 28.5. The summed E-state index contributed by atoms with van der Waals surface area (Å²) in [7, 11) is -3.73. The number of hydrogen-bond acceptors (Lipinski definition) is 7. The van der Waals surface area contributed by atoms with Crippen molar-refractivity contribution in [2.75, 3.05) is 17.8 Å². The third-order valence-electron chi connectivity index (χ3n) is 6.62. The number of rotatable bonds is 12. The maximum Gasteiger partial charge on any atom is 0.261 e. The summed E-state index contributed by atoms with van der Waals surface area (Å²) in [5.41, 5.74) is 5.18. The summed E-state index contributed by atoms with van der Waals surface area (Å²) in [6, 6.07) is 30.6. The van der Waals surface area contributed by atoms with E-state index in [2.05, 4.69) is 15.0 Å². The number of aromatic hydroxyl groups is 1. The Morgan fingerprint density at radius 3 is 2.22 bits per heavy atom. The number of aliphatic hydroxyl groups is 1. The Labute approximate surface area is 244 Å². The van der Waals surface area contributed by atoms with Crippen molar-refractivity contribution in [1.82, 2.24) is 10.3 Å². The van der Waals surface area contributed by atoms with Gasteiger partial charge < -0.3 is 15.5 Å². The van der Waals surface area contributed by atoms with Crippen molar-refractivity contribution in [2.45, 2.75) is 23.8 Å². The van der Waals surface area contributed by atoms with Crippen LogP contribution in [0.2, 0.25) is 0 Å². The number of nitrogens with one attached hydrogen (secondary N) is 2. The Kier molecular flexibility index (Phi) is 9.11. The van der Waals surface area contributed by atoms with Gasteiger partial charge in [0.25, 0.3) is 10.0 Å². The lowest BCUT2D eigenvalue weighted by molar-refractivity contribution is 0.175. The van der Waals surface area contributed by atoms with Gasteiger partial charge in [-0.15, -0.1) is 11.3 Å². The number of thiazole rings is 1. The van der Waals surface area contributed by atoms with E-state index in [0.29, 0.717) is 25.2 Å². The molecule has 210 valence electrons. The van der Waals surface area contributed by atoms with Gasteiger partial charge in [-0.05, 0) is 78.2 Å². The fourth-order valence-corrected chi connectivity index (χ4v) is 6.23. The van der Waals surface area contributed by atoms with Crippen molar-refractivity contribution >= 4 is 27.0 Å². The molecule has 0 aliphatic rings. The Morgan fingerprint density at radius 2 is 1.51 bits per heavy atom. The van der Waals surface area contributed by atoms with Crippen molar-refractivity contribution in [3.63, 3.8) is 0 Å². The second kappa shape index (κ2) is 13.1. The van der Waals surface area contributed by atoms with Crippen LogP contribution in [-0.4, -0.2) is 36.7 Å². The molecule has 4 N–H and O–H groups in total. The van der Waals surface area contributed by atoms with Crippen molar-refractivity contribution < 1.29 is 18.6 Å². The molecule has 0 aliphatic carbocycles. The van der Waals surface area contributed by atoms with Crippen LogP contribution in [-0.2, 0) is 22.9 Å². The summed E-state index contributed by atoms with van der Waals surface area (Å²) in [4.78, 5) is 4.86. The molecule has 0 spiro atoms. The molecule has 41 heavy (non-hydrogen) atoms. The van der Waals surface area contributed by atoms with Crippen LogP contribution < -0.4 is 10.0 Å². The standard InChI is InChI=1S/C32H31N3O4S2/c36-28-14-10-25(11-15-28)30-22-40-32(34-30)20-24-8-16-29(17-9-24)41(38,39)35-27-12-6-23(7-13-27)18-19-33-21-31(37)26-4-2-1-3-5-26/h1-17,22,31,33,35-37H,18-21H2/t31-/m0/s1. The van der Waals surface area contributed by atoms with Crippen LogP contribution in [0.5, 0.6) is 5.75 Å². The second-order valence-electron chi connectivity index (χ2n) is 9.68. The van der Waals surface area contributed by atoms with E-state index in [1.807, 2.05) is 60.0 Å². The van der Waals surface area contributed by atoms with E-state index in [4.69, 9.17) is 0 Å². The molecule has 0 saturated heterocycles. The van der Waals surface area contributed by atoms with Crippen LogP contribution in [0.4, 0.5) is 5.69 Å². The molecule has 0 bridgehead atoms. The molecular formula is C32H31N3O4S2. The van der Waals surface area contributed by atoms with Gasteiger partial charge in [0.1, 0.15) is 5.75 Å². The smallest absolute Gasteiger partial charge is 0.261 e. The normalized spacial score (nSPS) is 12.2. The van der Waals surface area contributed by atoms with E-state index >= 15 is 0 Å². The number of sulfonamides is 1. The molecule has 5 rings (SSSR count). The van der Waals surface area contributed by atoms with Gasteiger partial charge in [0, 0.05) is 29.6 Å². The van der Waals surface area contributed by atoms with Gasteiger partial charge in [0.2, 0.25) is 0 Å². The summed E-state index contributed by atoms with van der Waals surface area (Å²) in [6.07, 6.45) is 0.794. The molecule has 9 heteroatoms. The van der Waals surface area contributed by atoms with Crippen LogP contribution in [0, 0.1) is 0 Å². The van der Waals surface area contributed by atoms with E-state index in [1.54, 1.807) is 59.9 Å². The minimum absolute atomic E-state index is 0.190. The lowest BCUT2D eigenvalue weighted by Crippen LogP contribution is -2.23. The first-order valence-corrected chi connectivity index (χ1v) is 15.6. The Morgan fingerprint density at radius 1 is 0.829 bits per heavy atom. The average Bonchev–Trinajstić information content (AvgIpc) is 3.45. The molecule has 1 heterocycles. The molecule has 0 aliphatic heterocycles. The fourth-order valence-electron chi connectivity index (χ4n) is 4.34. The second-order valence-corrected chi connectivity index (χ2v) is 12.3. The molecule has 5 aromatic rings. The first-order valence-electron chi connectivity index (χ1n) is 13.2. The molecule has 4 aromatic carbocycles. The summed E-state index contributed by atoms with van der Waals surface area (Å²) in [6.45, 7) is 1.16. The maximum absolute atomic E-state index is 13.0. The van der Waals surface area contributed by atoms with Crippen LogP contribution in [0.1, 0.15) is 27.8 Å². The van der Waals surface area contributed by atoms with Crippen molar-refractivity contribution in [3.05, 3.63) is 130 Å². The van der Waals surface area contributed by atoms with Gasteiger partial charge in [0.05, 0.1) is 21.7 Å². The largest absolute Gasteiger partial charge is 0.508 e. The molecule has 0 saturated carbocycles. The lowest BCUT2D eigenvalue weighted by atomic mass is 10.1. The van der Waals surface area contributed by atoms with E-state index in [0.717, 1.165) is 39.4 Å². The van der Waals surface area contributed by atoms with Crippen molar-refractivity contribution in [2.24, 2.45) is 0 Å². The first-order chi connectivity index (χ1) is 19.9. The SMILES string of the molecule is O=S(=O)(Nc1ccc(CCNC[C@H](O)c2ccccc2)cc1)c1ccc(Cc2nc(-c3ccc(O)cc3)cs2)cc1. The van der Waals surface area contributed by atoms with Gasteiger partial charge in [-0.25, -0.2) is 13.4 Å². The monoisotopic (exact) mass is 585 g/mol. The molecule has 1 atom stereocenters. The van der Waals surface area contributed by atoms with Crippen molar-refractivity contribution in [1.29, 1.82) is 0 Å². The highest BCUT2D eigenvalue weighted by molar-refractivity contribution is 7.92. The number of anilines is 1. The van der Waals surface area contributed by atoms with Crippen LogP contribution in [0.15, 0.2) is 113 Å². The number of benzene rings is 4. The molecule has 0 fully saturated rings. The predicted molar refractivity (Wildman–Crippen MR) is 164 cm³/mol. The van der Waals surface area contributed by atoms with Crippen LogP contribution in [0.3, 0.4) is 0 Å². The highest BCUT2D eigenvalue weighted by atomic mass is 32.2. The van der Waals surface area contributed by atoms with Crippen LogP contribution >= 0.6 is 11.3 Å². The Hall–Kier alpha value is -4.02. The van der Waals surface area contributed by atoms with Gasteiger partial charge in [-0.3, -0.25) is 4.72 Å². The Bertz CT molecular complexity index is 1650. The average molecular weight is 586 g/mol. The zero-order valence-electron chi connectivity index (χ0n) is 22.3. The van der Waals surface area contributed by atoms with Gasteiger partial charge >= 0.3 is 0 Å². The summed E-state index contributed by atoms with van der Waals surface area (Å²) < 4.78 is 28.6. The van der Waals surface area contributed by atoms with Crippen LogP contribution in [0.25, 0.3) is 11.3 Å². The molecule has 0 unspecified atom stereocenters. The lowest BCUT2D eigenvalue weighted by Gasteiger charge is -2.12. The molecule has 7 nitrogen and oxygen atoms in total. The highest BCUT2D eigenvalue weighted by Gasteiger charge is 2.15. The number of hydrogen-bond donors (Lipinski definition) is 4. The zero-order chi connectivity index (χ0) is 28.7. The third-order valence-corrected chi connectivity index (χ3v) is 8.87. The zero-order valence-corrected chi connectivity index (χ0v) is 23.9. The topological polar surface area (TPSA) is 112 Å². The van der Waals surface area contributed by atoms with E-state index in [-0.39, 0.29) is 10.6 Å². The van der Waals surface area contributed by atoms with Crippen molar-refractivity contribution in [3.8, 4) is 17.0 Å². The predicted octanol–water partition coefficient (Wildman–Crippen LogP) is 5.77. The Balaban J connectivity index is 1.11. The summed E-state index contributed by atoms with van der Waals surface area (Å²) in [5.74, 6) is 0.214. The quantitative estimate of drug-likeness (QED) is 0.138. The minimum atomic E-state index is -3.73. The minimum Gasteiger partial charge on any atom is -0.508 e. The molecule has 1 aromatic heterocycles. The fraction of sp³-hybridized carbons (Fsp3) is 0.156. The van der Waals surface area contributed by atoms with E-state index < -0.39 is 16.1 Å². The molecule has 0 amide bonds. The number of aliphatic hydroxyl groups excluding tert-OH is 1.